The number of nitrogens with zero attached hydrogens (tertiary/aromatic N) is 2. The van der Waals surface area contributed by atoms with Crippen LogP contribution in [-0.4, -0.2) is 37.3 Å². The van der Waals surface area contributed by atoms with Crippen molar-refractivity contribution < 1.29 is 22.5 Å². The minimum Gasteiger partial charge on any atom is -0.497 e. The molecular formula is C12H14N4O5S. The lowest BCUT2D eigenvalue weighted by Crippen LogP contribution is -2.35. The van der Waals surface area contributed by atoms with Gasteiger partial charge >= 0.3 is 0 Å². The molecule has 1 amide bonds. The van der Waals surface area contributed by atoms with Crippen molar-refractivity contribution in [1.82, 2.24) is 15.6 Å². The summed E-state index contributed by atoms with van der Waals surface area (Å²) >= 11 is 0. The van der Waals surface area contributed by atoms with Gasteiger partial charge in [0.25, 0.3) is 5.89 Å². The van der Waals surface area contributed by atoms with Crippen molar-refractivity contribution >= 4 is 15.7 Å². The average Bonchev–Trinajstić information content (AvgIpc) is 2.94. The van der Waals surface area contributed by atoms with Crippen LogP contribution in [0.25, 0.3) is 11.5 Å². The Bertz CT molecular complexity index is 754. The summed E-state index contributed by atoms with van der Waals surface area (Å²) in [5.74, 6) is 3.60. The van der Waals surface area contributed by atoms with Crippen molar-refractivity contribution in [3.05, 3.63) is 30.1 Å². The number of ether oxygens (including phenoxy) is 1. The number of hydrogen-bond acceptors (Lipinski definition) is 8. The number of hydrazine groups is 1. The zero-order valence-corrected chi connectivity index (χ0v) is 12.5. The van der Waals surface area contributed by atoms with E-state index in [0.29, 0.717) is 11.3 Å². The van der Waals surface area contributed by atoms with Crippen LogP contribution in [0, 0.1) is 0 Å². The maximum absolute atomic E-state index is 11.7. The van der Waals surface area contributed by atoms with Gasteiger partial charge in [-0.25, -0.2) is 14.3 Å². The number of carbonyl (C=O) groups is 1. The molecule has 2 aromatic rings. The number of sulfone groups is 1. The van der Waals surface area contributed by atoms with Crippen LogP contribution in [0.2, 0.25) is 0 Å². The number of carbonyl (C=O) groups excluding carboxylic acids is 1. The van der Waals surface area contributed by atoms with Crippen LogP contribution < -0.4 is 16.0 Å². The lowest BCUT2D eigenvalue weighted by Gasteiger charge is -2.00. The highest BCUT2D eigenvalue weighted by Crippen LogP contribution is 2.21. The molecule has 0 bridgehead atoms. The van der Waals surface area contributed by atoms with Gasteiger partial charge in [-0.1, -0.05) is 5.16 Å². The van der Waals surface area contributed by atoms with Crippen LogP contribution in [-0.2, 0) is 20.4 Å². The van der Waals surface area contributed by atoms with Gasteiger partial charge in [-0.05, 0) is 24.3 Å². The normalized spacial score (nSPS) is 11.2. The second-order valence-corrected chi connectivity index (χ2v) is 6.41. The summed E-state index contributed by atoms with van der Waals surface area (Å²) in [5, 5.41) is 3.59. The molecular weight excluding hydrogens is 312 g/mol. The number of aromatic nitrogens is 2. The monoisotopic (exact) mass is 326 g/mol. The number of benzene rings is 1. The number of nitrogens with one attached hydrogen (secondary N) is 1. The van der Waals surface area contributed by atoms with Crippen LogP contribution in [0.15, 0.2) is 28.8 Å². The van der Waals surface area contributed by atoms with Crippen LogP contribution in [0.3, 0.4) is 0 Å². The van der Waals surface area contributed by atoms with E-state index in [2.05, 4.69) is 10.1 Å². The molecule has 10 heteroatoms. The molecule has 118 valence electrons. The smallest absolute Gasteiger partial charge is 0.257 e. The molecule has 0 saturated carbocycles. The molecule has 1 aromatic carbocycles. The SMILES string of the molecule is COc1ccc(-c2nc(CS(=O)(=O)CC(=O)NN)no2)cc1. The molecule has 2 rings (SSSR count). The Morgan fingerprint density at radius 2 is 2.05 bits per heavy atom. The fourth-order valence-electron chi connectivity index (χ4n) is 1.65. The van der Waals surface area contributed by atoms with Crippen LogP contribution >= 0.6 is 0 Å². The molecule has 0 fully saturated rings. The number of amides is 1. The third-order valence-corrected chi connectivity index (χ3v) is 4.07. The minimum atomic E-state index is -3.72. The molecule has 0 spiro atoms. The van der Waals surface area contributed by atoms with Crippen molar-refractivity contribution in [2.24, 2.45) is 5.84 Å². The minimum absolute atomic E-state index is 0.0318. The van der Waals surface area contributed by atoms with E-state index in [1.165, 1.54) is 0 Å². The summed E-state index contributed by atoms with van der Waals surface area (Å²) in [4.78, 5) is 15.0. The average molecular weight is 326 g/mol. The number of hydrogen-bond donors (Lipinski definition) is 2. The molecule has 9 nitrogen and oxygen atoms in total. The van der Waals surface area contributed by atoms with E-state index < -0.39 is 27.3 Å². The summed E-state index contributed by atoms with van der Waals surface area (Å²) < 4.78 is 33.5. The van der Waals surface area contributed by atoms with E-state index in [0.717, 1.165) is 0 Å². The van der Waals surface area contributed by atoms with Crippen molar-refractivity contribution in [2.75, 3.05) is 12.9 Å². The quantitative estimate of drug-likeness (QED) is 0.417. The standard InChI is InChI=1S/C12H14N4O5S/c1-20-9-4-2-8(3-5-9)12-14-10(16-21-12)6-22(18,19)7-11(17)15-13/h2-5H,6-7,13H2,1H3,(H,15,17). The maximum atomic E-state index is 11.7. The second-order valence-electron chi connectivity index (χ2n) is 4.34. The molecule has 0 unspecified atom stereocenters. The fraction of sp³-hybridized carbons (Fsp3) is 0.250. The summed E-state index contributed by atoms with van der Waals surface area (Å²) in [6.07, 6.45) is 0. The summed E-state index contributed by atoms with van der Waals surface area (Å²) in [7, 11) is -2.18. The van der Waals surface area contributed by atoms with E-state index in [4.69, 9.17) is 15.1 Å². The van der Waals surface area contributed by atoms with Crippen molar-refractivity contribution in [2.45, 2.75) is 5.75 Å². The largest absolute Gasteiger partial charge is 0.497 e. The topological polar surface area (TPSA) is 137 Å². The third kappa shape index (κ3) is 4.02. The predicted molar refractivity (Wildman–Crippen MR) is 76.1 cm³/mol. The van der Waals surface area contributed by atoms with Gasteiger partial charge in [-0.2, -0.15) is 4.98 Å². The second kappa shape index (κ2) is 6.54. The number of methoxy groups -OCH3 is 1. The molecule has 0 aliphatic heterocycles. The van der Waals surface area contributed by atoms with Crippen LogP contribution in [0.5, 0.6) is 5.75 Å². The molecule has 0 radical (unpaired) electrons. The van der Waals surface area contributed by atoms with E-state index in [1.54, 1.807) is 36.8 Å². The van der Waals surface area contributed by atoms with Gasteiger partial charge in [-0.15, -0.1) is 0 Å². The third-order valence-electron chi connectivity index (χ3n) is 2.67. The highest BCUT2D eigenvalue weighted by molar-refractivity contribution is 7.91. The first kappa shape index (κ1) is 15.9. The lowest BCUT2D eigenvalue weighted by atomic mass is 10.2. The van der Waals surface area contributed by atoms with Gasteiger partial charge in [0.1, 0.15) is 17.3 Å². The first-order valence-electron chi connectivity index (χ1n) is 6.10. The zero-order valence-electron chi connectivity index (χ0n) is 11.6. The highest BCUT2D eigenvalue weighted by atomic mass is 32.2. The number of rotatable bonds is 6. The summed E-state index contributed by atoms with van der Waals surface area (Å²) in [6.45, 7) is 0. The predicted octanol–water partition coefficient (Wildman–Crippen LogP) is -0.350. The van der Waals surface area contributed by atoms with E-state index in [1.807, 2.05) is 0 Å². The molecule has 1 aromatic heterocycles. The summed E-state index contributed by atoms with van der Waals surface area (Å²) in [6, 6.07) is 6.82. The van der Waals surface area contributed by atoms with Crippen LogP contribution in [0.1, 0.15) is 5.82 Å². The van der Waals surface area contributed by atoms with Gasteiger partial charge in [0, 0.05) is 5.56 Å². The Hall–Kier alpha value is -2.46. The van der Waals surface area contributed by atoms with Crippen LogP contribution in [0.4, 0.5) is 0 Å². The van der Waals surface area contributed by atoms with Crippen molar-refractivity contribution in [3.63, 3.8) is 0 Å². The molecule has 22 heavy (non-hydrogen) atoms. The first-order chi connectivity index (χ1) is 10.4. The zero-order chi connectivity index (χ0) is 16.2. The van der Waals surface area contributed by atoms with Crippen molar-refractivity contribution in [1.29, 1.82) is 0 Å². The van der Waals surface area contributed by atoms with Crippen molar-refractivity contribution in [3.8, 4) is 17.2 Å². The highest BCUT2D eigenvalue weighted by Gasteiger charge is 2.20. The molecule has 1 heterocycles. The van der Waals surface area contributed by atoms with Gasteiger partial charge in [0.05, 0.1) is 7.11 Å². The molecule has 0 saturated heterocycles. The van der Waals surface area contributed by atoms with E-state index in [-0.39, 0.29) is 11.7 Å². The molecule has 0 aliphatic rings. The van der Waals surface area contributed by atoms with Gasteiger partial charge in [0.15, 0.2) is 15.7 Å². The Morgan fingerprint density at radius 3 is 2.64 bits per heavy atom. The first-order valence-corrected chi connectivity index (χ1v) is 7.92. The Labute approximate surface area is 126 Å². The Balaban J connectivity index is 2.12. The molecule has 3 N–H and O–H groups in total. The van der Waals surface area contributed by atoms with Gasteiger partial charge in [0.2, 0.25) is 5.91 Å². The fourth-order valence-corrected chi connectivity index (χ4v) is 2.75. The Kier molecular flexibility index (Phi) is 4.73. The lowest BCUT2D eigenvalue weighted by molar-refractivity contribution is -0.118. The molecule has 0 aliphatic carbocycles. The Morgan fingerprint density at radius 1 is 1.36 bits per heavy atom. The van der Waals surface area contributed by atoms with Gasteiger partial charge < -0.3 is 9.26 Å². The maximum Gasteiger partial charge on any atom is 0.257 e. The number of nitrogens with two attached hydrogens (primary N) is 1. The van der Waals surface area contributed by atoms with E-state index in [9.17, 15) is 13.2 Å². The molecule has 0 atom stereocenters. The summed E-state index contributed by atoms with van der Waals surface area (Å²) in [5.41, 5.74) is 2.38. The van der Waals surface area contributed by atoms with Gasteiger partial charge in [-0.3, -0.25) is 10.2 Å². The van der Waals surface area contributed by atoms with E-state index >= 15 is 0 Å².